The second-order valence-corrected chi connectivity index (χ2v) is 7.07. The number of hydrogen-bond acceptors (Lipinski definition) is 6. The fourth-order valence-corrected chi connectivity index (χ4v) is 3.73. The van der Waals surface area contributed by atoms with Gasteiger partial charge in [-0.15, -0.1) is 0 Å². The minimum atomic E-state index is -1.31. The maximum Gasteiger partial charge on any atom is 0.256 e. The van der Waals surface area contributed by atoms with Gasteiger partial charge in [-0.2, -0.15) is 0 Å². The number of furan rings is 1. The van der Waals surface area contributed by atoms with Gasteiger partial charge in [-0.25, -0.2) is 0 Å². The lowest BCUT2D eigenvalue weighted by Gasteiger charge is -2.20. The van der Waals surface area contributed by atoms with Crippen LogP contribution in [0.15, 0.2) is 41.0 Å². The largest absolute Gasteiger partial charge is 0.550 e. The van der Waals surface area contributed by atoms with Gasteiger partial charge in [0, 0.05) is 30.5 Å². The van der Waals surface area contributed by atoms with Crippen molar-refractivity contribution in [3.63, 3.8) is 0 Å². The van der Waals surface area contributed by atoms with Gasteiger partial charge in [0.1, 0.15) is 11.8 Å². The highest BCUT2D eigenvalue weighted by atomic mass is 16.4. The lowest BCUT2D eigenvalue weighted by atomic mass is 10.1. The van der Waals surface area contributed by atoms with E-state index in [0.717, 1.165) is 0 Å². The van der Waals surface area contributed by atoms with Crippen LogP contribution in [0.4, 0.5) is 5.69 Å². The van der Waals surface area contributed by atoms with Crippen molar-refractivity contribution in [1.82, 2.24) is 10.2 Å². The summed E-state index contributed by atoms with van der Waals surface area (Å²) in [5, 5.41) is 16.0. The number of rotatable bonds is 5. The van der Waals surface area contributed by atoms with Crippen molar-refractivity contribution < 1.29 is 28.7 Å². The summed E-state index contributed by atoms with van der Waals surface area (Å²) in [5.41, 5.74) is 1.49. The van der Waals surface area contributed by atoms with E-state index in [1.54, 1.807) is 30.3 Å². The molecule has 2 aliphatic heterocycles. The summed E-state index contributed by atoms with van der Waals surface area (Å²) >= 11 is 0. The molecule has 0 aliphatic carbocycles. The molecule has 29 heavy (non-hydrogen) atoms. The van der Waals surface area contributed by atoms with Crippen molar-refractivity contribution in [3.8, 4) is 11.3 Å². The van der Waals surface area contributed by atoms with Crippen molar-refractivity contribution in [1.29, 1.82) is 0 Å². The Balaban J connectivity index is 1.54. The average molecular weight is 396 g/mol. The van der Waals surface area contributed by atoms with E-state index in [9.17, 15) is 24.3 Å². The Bertz CT molecular complexity index is 984. The zero-order valence-electron chi connectivity index (χ0n) is 15.3. The molecule has 2 aliphatic rings. The van der Waals surface area contributed by atoms with Crippen molar-refractivity contribution in [2.45, 2.75) is 31.3 Å². The van der Waals surface area contributed by atoms with Crippen LogP contribution in [-0.4, -0.2) is 47.2 Å². The van der Waals surface area contributed by atoms with Crippen molar-refractivity contribution >= 4 is 29.4 Å². The number of carboxylic acids is 1. The van der Waals surface area contributed by atoms with Gasteiger partial charge >= 0.3 is 0 Å². The first-order valence-electron chi connectivity index (χ1n) is 9.21. The quantitative estimate of drug-likeness (QED) is 0.738. The SMILES string of the molecule is O=C([O-])CCC(=O)N[C@H]1C[C@H]2C(=O)Nc3ccc(-c4ccco4)cc3C(=O)N2C1. The Hall–Kier alpha value is -3.62. The predicted molar refractivity (Wildman–Crippen MR) is 98.4 cm³/mol. The van der Waals surface area contributed by atoms with Crippen LogP contribution in [0.5, 0.6) is 0 Å². The Morgan fingerprint density at radius 1 is 1.24 bits per heavy atom. The normalized spacial score (nSPS) is 20.5. The van der Waals surface area contributed by atoms with Crippen LogP contribution in [0.3, 0.4) is 0 Å². The topological polar surface area (TPSA) is 132 Å². The van der Waals surface area contributed by atoms with Crippen LogP contribution < -0.4 is 15.7 Å². The molecule has 0 saturated carbocycles. The van der Waals surface area contributed by atoms with Crippen LogP contribution in [-0.2, 0) is 14.4 Å². The molecular formula is C20H18N3O6-. The van der Waals surface area contributed by atoms with Crippen LogP contribution in [0.1, 0.15) is 29.6 Å². The molecule has 2 N–H and O–H groups in total. The average Bonchev–Trinajstić information content (AvgIpc) is 3.34. The molecule has 2 atom stereocenters. The molecule has 1 fully saturated rings. The molecule has 1 aromatic carbocycles. The van der Waals surface area contributed by atoms with E-state index in [2.05, 4.69) is 10.6 Å². The van der Waals surface area contributed by atoms with Crippen molar-refractivity contribution in [2.24, 2.45) is 0 Å². The minimum absolute atomic E-state index is 0.165. The van der Waals surface area contributed by atoms with E-state index in [4.69, 9.17) is 4.42 Å². The Morgan fingerprint density at radius 2 is 2.07 bits per heavy atom. The number of fused-ring (bicyclic) bond motifs is 2. The molecule has 0 radical (unpaired) electrons. The molecule has 9 heteroatoms. The second-order valence-electron chi connectivity index (χ2n) is 7.07. The van der Waals surface area contributed by atoms with Gasteiger partial charge in [-0.05, 0) is 43.2 Å². The van der Waals surface area contributed by atoms with Crippen molar-refractivity contribution in [3.05, 3.63) is 42.2 Å². The molecule has 9 nitrogen and oxygen atoms in total. The minimum Gasteiger partial charge on any atom is -0.550 e. The van der Waals surface area contributed by atoms with Gasteiger partial charge in [0.25, 0.3) is 5.91 Å². The molecule has 4 rings (SSSR count). The standard InChI is InChI=1S/C20H19N3O6/c24-17(5-6-18(25)26)21-12-9-15-19(27)22-14-4-3-11(16-2-1-7-29-16)8-13(14)20(28)23(15)10-12/h1-4,7-8,12,15H,5-6,9-10H2,(H,21,24)(H,22,27)(H,25,26)/p-1/t12-,15-/m0/s1. The second kappa shape index (κ2) is 7.42. The fourth-order valence-electron chi connectivity index (χ4n) is 3.73. The number of carbonyl (C=O) groups is 4. The maximum absolute atomic E-state index is 13.1. The number of amides is 3. The lowest BCUT2D eigenvalue weighted by molar-refractivity contribution is -0.305. The predicted octanol–water partition coefficient (Wildman–Crippen LogP) is 0.128. The summed E-state index contributed by atoms with van der Waals surface area (Å²) in [6, 6.07) is 7.48. The number of hydrogen-bond donors (Lipinski definition) is 2. The summed E-state index contributed by atoms with van der Waals surface area (Å²) in [6.45, 7) is 0.165. The first-order valence-corrected chi connectivity index (χ1v) is 9.21. The van der Waals surface area contributed by atoms with Crippen molar-refractivity contribution in [2.75, 3.05) is 11.9 Å². The highest BCUT2D eigenvalue weighted by Crippen LogP contribution is 2.32. The van der Waals surface area contributed by atoms with E-state index in [1.165, 1.54) is 11.2 Å². The smallest absolute Gasteiger partial charge is 0.256 e. The monoisotopic (exact) mass is 396 g/mol. The first kappa shape index (κ1) is 18.7. The summed E-state index contributed by atoms with van der Waals surface area (Å²) in [7, 11) is 0. The molecule has 2 aromatic rings. The van der Waals surface area contributed by atoms with Gasteiger partial charge in [0.05, 0.1) is 17.5 Å². The van der Waals surface area contributed by atoms with Crippen LogP contribution >= 0.6 is 0 Å². The summed E-state index contributed by atoms with van der Waals surface area (Å²) in [6.07, 6.45) is 1.20. The molecular weight excluding hydrogens is 378 g/mol. The molecule has 3 heterocycles. The number of nitrogens with one attached hydrogen (secondary N) is 2. The third kappa shape index (κ3) is 3.71. The molecule has 3 amide bonds. The van der Waals surface area contributed by atoms with E-state index < -0.39 is 24.0 Å². The van der Waals surface area contributed by atoms with E-state index in [1.807, 2.05) is 0 Å². The molecule has 1 saturated heterocycles. The van der Waals surface area contributed by atoms with E-state index in [-0.39, 0.29) is 37.6 Å². The molecule has 150 valence electrons. The molecule has 0 bridgehead atoms. The summed E-state index contributed by atoms with van der Waals surface area (Å²) in [4.78, 5) is 49.6. The van der Waals surface area contributed by atoms with E-state index in [0.29, 0.717) is 22.6 Å². The van der Waals surface area contributed by atoms with Gasteiger partial charge < -0.3 is 29.9 Å². The first-order chi connectivity index (χ1) is 13.9. The molecule has 0 spiro atoms. The summed E-state index contributed by atoms with van der Waals surface area (Å²) in [5.74, 6) is -1.80. The van der Waals surface area contributed by atoms with Gasteiger partial charge in [-0.3, -0.25) is 14.4 Å². The molecule has 0 unspecified atom stereocenters. The maximum atomic E-state index is 13.1. The van der Waals surface area contributed by atoms with E-state index >= 15 is 0 Å². The summed E-state index contributed by atoms with van der Waals surface area (Å²) < 4.78 is 5.38. The fraction of sp³-hybridized carbons (Fsp3) is 0.300. The van der Waals surface area contributed by atoms with Gasteiger partial charge in [0.2, 0.25) is 11.8 Å². The number of benzene rings is 1. The Labute approximate surface area is 165 Å². The van der Waals surface area contributed by atoms with Crippen LogP contribution in [0, 0.1) is 0 Å². The zero-order valence-corrected chi connectivity index (χ0v) is 15.3. The zero-order chi connectivity index (χ0) is 20.5. The number of aliphatic carboxylic acids is 1. The Morgan fingerprint density at radius 3 is 2.79 bits per heavy atom. The molecule has 1 aromatic heterocycles. The third-order valence-electron chi connectivity index (χ3n) is 5.10. The number of anilines is 1. The lowest BCUT2D eigenvalue weighted by Crippen LogP contribution is -2.41. The highest BCUT2D eigenvalue weighted by molar-refractivity contribution is 6.10. The highest BCUT2D eigenvalue weighted by Gasteiger charge is 2.43. The third-order valence-corrected chi connectivity index (χ3v) is 5.10. The van der Waals surface area contributed by atoms with Gasteiger partial charge in [0.15, 0.2) is 0 Å². The van der Waals surface area contributed by atoms with Crippen LogP contribution in [0.25, 0.3) is 11.3 Å². The van der Waals surface area contributed by atoms with Crippen LogP contribution in [0.2, 0.25) is 0 Å². The van der Waals surface area contributed by atoms with Gasteiger partial charge in [-0.1, -0.05) is 0 Å². The number of nitrogens with zero attached hydrogens (tertiary/aromatic N) is 1. The number of carboxylic acid groups (broad SMARTS) is 1. The number of carbonyl (C=O) groups excluding carboxylic acids is 4. The Kier molecular flexibility index (Phi) is 4.79.